The number of aliphatic carboxylic acids is 1. The van der Waals surface area contributed by atoms with E-state index in [1.54, 1.807) is 36.4 Å². The van der Waals surface area contributed by atoms with E-state index in [0.717, 1.165) is 5.56 Å². The van der Waals surface area contributed by atoms with Gasteiger partial charge in [-0.3, -0.25) is 4.79 Å². The van der Waals surface area contributed by atoms with Crippen LogP contribution in [0.2, 0.25) is 0 Å². The number of carboxylic acid groups (broad SMARTS) is 1. The average molecular weight is 274 g/mol. The number of carbonyl (C=O) groups is 1. The zero-order valence-electron chi connectivity index (χ0n) is 11.0. The molecule has 0 aliphatic carbocycles. The highest BCUT2D eigenvalue weighted by Gasteiger charge is 2.23. The molecule has 0 saturated carbocycles. The van der Waals surface area contributed by atoms with Gasteiger partial charge in [-0.05, 0) is 30.2 Å². The zero-order chi connectivity index (χ0) is 14.5. The molecule has 1 atom stereocenters. The van der Waals surface area contributed by atoms with Crippen molar-refractivity contribution < 1.29 is 19.0 Å². The Morgan fingerprint density at radius 2 is 1.85 bits per heavy atom. The second-order valence-electron chi connectivity index (χ2n) is 4.46. The van der Waals surface area contributed by atoms with Crippen molar-refractivity contribution in [3.63, 3.8) is 0 Å². The summed E-state index contributed by atoms with van der Waals surface area (Å²) in [5.74, 6) is -1.45. The van der Waals surface area contributed by atoms with Crippen LogP contribution in [-0.4, -0.2) is 18.2 Å². The number of halogens is 1. The van der Waals surface area contributed by atoms with Crippen molar-refractivity contribution in [2.75, 3.05) is 7.11 Å². The minimum Gasteiger partial charge on any atom is -0.496 e. The highest BCUT2D eigenvalue weighted by atomic mass is 19.1. The first-order valence-corrected chi connectivity index (χ1v) is 6.22. The zero-order valence-corrected chi connectivity index (χ0v) is 11.0. The van der Waals surface area contributed by atoms with Crippen LogP contribution < -0.4 is 4.74 Å². The van der Waals surface area contributed by atoms with E-state index in [0.29, 0.717) is 11.3 Å². The second kappa shape index (κ2) is 6.19. The average Bonchev–Trinajstić information content (AvgIpc) is 2.46. The summed E-state index contributed by atoms with van der Waals surface area (Å²) in [5.41, 5.74) is 1.39. The number of methoxy groups -OCH3 is 1. The molecule has 0 heterocycles. The number of hydrogen-bond acceptors (Lipinski definition) is 2. The van der Waals surface area contributed by atoms with Crippen molar-refractivity contribution >= 4 is 5.97 Å². The SMILES string of the molecule is COc1ccccc1C(Cc1ccc(F)cc1)C(=O)O. The van der Waals surface area contributed by atoms with E-state index in [9.17, 15) is 14.3 Å². The van der Waals surface area contributed by atoms with Crippen LogP contribution >= 0.6 is 0 Å². The molecule has 20 heavy (non-hydrogen) atoms. The van der Waals surface area contributed by atoms with E-state index < -0.39 is 11.9 Å². The molecule has 0 fully saturated rings. The highest BCUT2D eigenvalue weighted by molar-refractivity contribution is 5.77. The standard InChI is InChI=1S/C16H15FO3/c1-20-15-5-3-2-4-13(15)14(16(18)19)10-11-6-8-12(17)9-7-11/h2-9,14H,10H2,1H3,(H,18,19). The molecule has 0 spiro atoms. The molecule has 0 aliphatic heterocycles. The molecular weight excluding hydrogens is 259 g/mol. The number of hydrogen-bond donors (Lipinski definition) is 1. The molecule has 1 N–H and O–H groups in total. The largest absolute Gasteiger partial charge is 0.496 e. The fourth-order valence-electron chi connectivity index (χ4n) is 2.14. The third kappa shape index (κ3) is 3.15. The summed E-state index contributed by atoms with van der Waals surface area (Å²) >= 11 is 0. The van der Waals surface area contributed by atoms with Gasteiger partial charge in [-0.15, -0.1) is 0 Å². The predicted octanol–water partition coefficient (Wildman–Crippen LogP) is 3.25. The van der Waals surface area contributed by atoms with Gasteiger partial charge >= 0.3 is 5.97 Å². The van der Waals surface area contributed by atoms with Crippen LogP contribution in [0, 0.1) is 5.82 Å². The van der Waals surface area contributed by atoms with Crippen molar-refractivity contribution in [2.45, 2.75) is 12.3 Å². The summed E-state index contributed by atoms with van der Waals surface area (Å²) in [6.07, 6.45) is 0.288. The molecule has 0 aromatic heterocycles. The molecule has 0 saturated heterocycles. The minimum absolute atomic E-state index is 0.288. The van der Waals surface area contributed by atoms with Gasteiger partial charge in [0.05, 0.1) is 13.0 Å². The molecule has 2 rings (SSSR count). The van der Waals surface area contributed by atoms with E-state index in [4.69, 9.17) is 4.74 Å². The van der Waals surface area contributed by atoms with E-state index in [1.807, 2.05) is 0 Å². The lowest BCUT2D eigenvalue weighted by molar-refractivity contribution is -0.138. The minimum atomic E-state index is -0.932. The Morgan fingerprint density at radius 1 is 1.20 bits per heavy atom. The van der Waals surface area contributed by atoms with Gasteiger partial charge in [0.25, 0.3) is 0 Å². The lowest BCUT2D eigenvalue weighted by atomic mass is 9.91. The third-order valence-corrected chi connectivity index (χ3v) is 3.17. The Morgan fingerprint density at radius 3 is 2.45 bits per heavy atom. The normalized spacial score (nSPS) is 11.9. The van der Waals surface area contributed by atoms with Crippen LogP contribution in [0.15, 0.2) is 48.5 Å². The number of rotatable bonds is 5. The molecule has 3 nitrogen and oxygen atoms in total. The van der Waals surface area contributed by atoms with Gasteiger partial charge in [0, 0.05) is 5.56 Å². The van der Waals surface area contributed by atoms with E-state index in [1.165, 1.54) is 19.2 Å². The van der Waals surface area contributed by atoms with E-state index in [2.05, 4.69) is 0 Å². The summed E-state index contributed by atoms with van der Waals surface area (Å²) in [5, 5.41) is 9.43. The monoisotopic (exact) mass is 274 g/mol. The Balaban J connectivity index is 2.32. The van der Waals surface area contributed by atoms with Crippen LogP contribution in [-0.2, 0) is 11.2 Å². The lowest BCUT2D eigenvalue weighted by Crippen LogP contribution is -2.15. The molecule has 1 unspecified atom stereocenters. The summed E-state index contributed by atoms with van der Waals surface area (Å²) in [7, 11) is 1.51. The van der Waals surface area contributed by atoms with Crippen LogP contribution in [0.5, 0.6) is 5.75 Å². The number of carboxylic acids is 1. The molecule has 0 amide bonds. The molecule has 0 bridgehead atoms. The molecule has 4 heteroatoms. The van der Waals surface area contributed by atoms with Crippen molar-refractivity contribution in [3.05, 3.63) is 65.5 Å². The molecule has 2 aromatic carbocycles. The Labute approximate surface area is 116 Å². The van der Waals surface area contributed by atoms with Crippen molar-refractivity contribution in [2.24, 2.45) is 0 Å². The quantitative estimate of drug-likeness (QED) is 0.910. The summed E-state index contributed by atoms with van der Waals surface area (Å²) in [4.78, 5) is 11.5. The second-order valence-corrected chi connectivity index (χ2v) is 4.46. The van der Waals surface area contributed by atoms with Gasteiger partial charge in [-0.1, -0.05) is 30.3 Å². The van der Waals surface area contributed by atoms with Crippen molar-refractivity contribution in [1.82, 2.24) is 0 Å². The smallest absolute Gasteiger partial charge is 0.311 e. The van der Waals surface area contributed by atoms with Crippen LogP contribution in [0.4, 0.5) is 4.39 Å². The number of benzene rings is 2. The Kier molecular flexibility index (Phi) is 4.35. The summed E-state index contributed by atoms with van der Waals surface area (Å²) in [6, 6.07) is 12.9. The van der Waals surface area contributed by atoms with Gasteiger partial charge in [0.15, 0.2) is 0 Å². The third-order valence-electron chi connectivity index (χ3n) is 3.17. The van der Waals surface area contributed by atoms with Gasteiger partial charge < -0.3 is 9.84 Å². The van der Waals surface area contributed by atoms with Crippen LogP contribution in [0.3, 0.4) is 0 Å². The molecule has 2 aromatic rings. The first kappa shape index (κ1) is 14.1. The Bertz CT molecular complexity index is 593. The van der Waals surface area contributed by atoms with Crippen molar-refractivity contribution in [3.8, 4) is 5.75 Å². The number of para-hydroxylation sites is 1. The summed E-state index contributed by atoms with van der Waals surface area (Å²) < 4.78 is 18.1. The maximum absolute atomic E-state index is 12.9. The fourth-order valence-corrected chi connectivity index (χ4v) is 2.14. The van der Waals surface area contributed by atoms with Gasteiger partial charge in [0.2, 0.25) is 0 Å². The molecule has 0 radical (unpaired) electrons. The lowest BCUT2D eigenvalue weighted by Gasteiger charge is -2.16. The molecule has 104 valence electrons. The maximum Gasteiger partial charge on any atom is 0.311 e. The molecular formula is C16H15FO3. The number of ether oxygens (including phenoxy) is 1. The topological polar surface area (TPSA) is 46.5 Å². The van der Waals surface area contributed by atoms with Crippen molar-refractivity contribution in [1.29, 1.82) is 0 Å². The fraction of sp³-hybridized carbons (Fsp3) is 0.188. The van der Waals surface area contributed by atoms with Gasteiger partial charge in [-0.25, -0.2) is 4.39 Å². The van der Waals surface area contributed by atoms with E-state index >= 15 is 0 Å². The van der Waals surface area contributed by atoms with Crippen LogP contribution in [0.1, 0.15) is 17.0 Å². The highest BCUT2D eigenvalue weighted by Crippen LogP contribution is 2.29. The summed E-state index contributed by atoms with van der Waals surface area (Å²) in [6.45, 7) is 0. The first-order valence-electron chi connectivity index (χ1n) is 6.22. The first-order chi connectivity index (χ1) is 9.61. The van der Waals surface area contributed by atoms with Gasteiger partial charge in [0.1, 0.15) is 11.6 Å². The van der Waals surface area contributed by atoms with Gasteiger partial charge in [-0.2, -0.15) is 0 Å². The molecule has 0 aliphatic rings. The van der Waals surface area contributed by atoms with Crippen LogP contribution in [0.25, 0.3) is 0 Å². The predicted molar refractivity (Wildman–Crippen MR) is 73.5 cm³/mol. The van der Waals surface area contributed by atoms with E-state index in [-0.39, 0.29) is 12.2 Å². The Hall–Kier alpha value is -2.36. The maximum atomic E-state index is 12.9.